The van der Waals surface area contributed by atoms with Gasteiger partial charge in [-0.05, 0) is 31.6 Å². The third-order valence-electron chi connectivity index (χ3n) is 3.89. The minimum absolute atomic E-state index is 0.0968. The summed E-state index contributed by atoms with van der Waals surface area (Å²) >= 11 is 3.49. The average molecular weight is 312 g/mol. The molecule has 18 heavy (non-hydrogen) atoms. The fourth-order valence-electron chi connectivity index (χ4n) is 2.69. The van der Waals surface area contributed by atoms with Crippen molar-refractivity contribution in [2.24, 2.45) is 5.92 Å². The van der Waals surface area contributed by atoms with Crippen LogP contribution in [0.15, 0.2) is 17.2 Å². The highest BCUT2D eigenvalue weighted by Gasteiger charge is 2.29. The molecule has 2 aliphatic rings. The predicted molar refractivity (Wildman–Crippen MR) is 75.5 cm³/mol. The van der Waals surface area contributed by atoms with E-state index in [2.05, 4.69) is 25.8 Å². The molecular weight excluding hydrogens is 294 g/mol. The molecular formula is C13H18BrN3O. The molecule has 1 unspecified atom stereocenters. The zero-order valence-corrected chi connectivity index (χ0v) is 12.0. The third kappa shape index (κ3) is 2.32. The van der Waals surface area contributed by atoms with Crippen LogP contribution in [0.4, 0.5) is 5.82 Å². The first-order valence-corrected chi connectivity index (χ1v) is 7.80. The second-order valence-corrected chi connectivity index (χ2v) is 6.07. The van der Waals surface area contributed by atoms with E-state index in [9.17, 15) is 4.79 Å². The van der Waals surface area contributed by atoms with Gasteiger partial charge in [0.05, 0.1) is 0 Å². The van der Waals surface area contributed by atoms with Crippen LogP contribution >= 0.6 is 15.9 Å². The van der Waals surface area contributed by atoms with E-state index in [-0.39, 0.29) is 5.56 Å². The Kier molecular flexibility index (Phi) is 3.41. The molecule has 1 aliphatic carbocycles. The number of anilines is 1. The molecule has 1 aliphatic heterocycles. The average Bonchev–Trinajstić information content (AvgIpc) is 3.11. The summed E-state index contributed by atoms with van der Waals surface area (Å²) in [7, 11) is 0. The van der Waals surface area contributed by atoms with Crippen LogP contribution in [0.1, 0.15) is 31.7 Å². The maximum Gasteiger partial charge on any atom is 0.293 e. The Labute approximate surface area is 115 Å². The lowest BCUT2D eigenvalue weighted by atomic mass is 10.1. The van der Waals surface area contributed by atoms with Crippen molar-refractivity contribution < 1.29 is 0 Å². The molecule has 0 aromatic carbocycles. The van der Waals surface area contributed by atoms with Crippen molar-refractivity contribution in [3.8, 4) is 0 Å². The molecule has 0 bridgehead atoms. The van der Waals surface area contributed by atoms with Crippen LogP contribution in [0.5, 0.6) is 0 Å². The first-order chi connectivity index (χ1) is 8.79. The van der Waals surface area contributed by atoms with Gasteiger partial charge in [-0.1, -0.05) is 15.9 Å². The quantitative estimate of drug-likeness (QED) is 0.800. The highest BCUT2D eigenvalue weighted by molar-refractivity contribution is 9.09. The summed E-state index contributed by atoms with van der Waals surface area (Å²) in [6, 6.07) is 0.431. The molecule has 1 saturated carbocycles. The van der Waals surface area contributed by atoms with Gasteiger partial charge in [0.2, 0.25) is 0 Å². The fourth-order valence-corrected chi connectivity index (χ4v) is 3.33. The van der Waals surface area contributed by atoms with Crippen LogP contribution in [0, 0.1) is 5.92 Å². The monoisotopic (exact) mass is 311 g/mol. The molecule has 1 atom stereocenters. The number of hydrogen-bond donors (Lipinski definition) is 0. The van der Waals surface area contributed by atoms with Gasteiger partial charge < -0.3 is 9.47 Å². The molecule has 1 aromatic rings. The van der Waals surface area contributed by atoms with Crippen molar-refractivity contribution >= 4 is 21.7 Å². The van der Waals surface area contributed by atoms with E-state index in [0.717, 1.165) is 31.3 Å². The Morgan fingerprint density at radius 3 is 2.94 bits per heavy atom. The highest BCUT2D eigenvalue weighted by atomic mass is 79.9. The van der Waals surface area contributed by atoms with Gasteiger partial charge in [-0.15, -0.1) is 0 Å². The molecule has 0 spiro atoms. The molecule has 2 fully saturated rings. The van der Waals surface area contributed by atoms with Crippen molar-refractivity contribution in [2.75, 3.05) is 23.3 Å². The molecule has 0 N–H and O–H groups in total. The van der Waals surface area contributed by atoms with Crippen LogP contribution in [0.2, 0.25) is 0 Å². The van der Waals surface area contributed by atoms with Crippen LogP contribution in [0.25, 0.3) is 0 Å². The lowest BCUT2D eigenvalue weighted by molar-refractivity contribution is 0.575. The van der Waals surface area contributed by atoms with Crippen molar-refractivity contribution in [1.29, 1.82) is 0 Å². The number of nitrogens with zero attached hydrogens (tertiary/aromatic N) is 3. The van der Waals surface area contributed by atoms with Crippen LogP contribution in [-0.2, 0) is 0 Å². The maximum absolute atomic E-state index is 12.4. The molecule has 0 amide bonds. The van der Waals surface area contributed by atoms with Gasteiger partial charge in [-0.25, -0.2) is 4.98 Å². The lowest BCUT2D eigenvalue weighted by Gasteiger charge is -2.17. The first-order valence-electron chi connectivity index (χ1n) is 6.67. The molecule has 4 nitrogen and oxygen atoms in total. The van der Waals surface area contributed by atoms with Gasteiger partial charge >= 0.3 is 0 Å². The van der Waals surface area contributed by atoms with Crippen molar-refractivity contribution in [2.45, 2.75) is 31.7 Å². The summed E-state index contributed by atoms with van der Waals surface area (Å²) in [4.78, 5) is 18.8. The molecule has 3 rings (SSSR count). The van der Waals surface area contributed by atoms with E-state index in [1.807, 2.05) is 10.8 Å². The number of rotatable bonds is 4. The summed E-state index contributed by atoms with van der Waals surface area (Å²) in [6.45, 7) is 1.94. The second-order valence-electron chi connectivity index (χ2n) is 5.27. The first kappa shape index (κ1) is 12.2. The summed E-state index contributed by atoms with van der Waals surface area (Å²) in [5.74, 6) is 1.35. The van der Waals surface area contributed by atoms with Crippen LogP contribution in [0.3, 0.4) is 0 Å². The minimum Gasteiger partial charge on any atom is -0.352 e. The number of hydrogen-bond acceptors (Lipinski definition) is 3. The maximum atomic E-state index is 12.4. The van der Waals surface area contributed by atoms with Gasteiger partial charge in [0.25, 0.3) is 5.56 Å². The van der Waals surface area contributed by atoms with Gasteiger partial charge in [-0.3, -0.25) is 4.79 Å². The van der Waals surface area contributed by atoms with Crippen LogP contribution < -0.4 is 10.5 Å². The number of halogens is 1. The van der Waals surface area contributed by atoms with Gasteiger partial charge in [0.15, 0.2) is 5.82 Å². The van der Waals surface area contributed by atoms with E-state index >= 15 is 0 Å². The minimum atomic E-state index is 0.0968. The van der Waals surface area contributed by atoms with E-state index in [1.165, 1.54) is 12.8 Å². The Hall–Kier alpha value is -0.840. The van der Waals surface area contributed by atoms with Gasteiger partial charge in [0.1, 0.15) is 0 Å². The Morgan fingerprint density at radius 1 is 1.39 bits per heavy atom. The second kappa shape index (κ2) is 5.03. The van der Waals surface area contributed by atoms with Crippen LogP contribution in [-0.4, -0.2) is 28.0 Å². The lowest BCUT2D eigenvalue weighted by Crippen LogP contribution is -2.31. The Morgan fingerprint density at radius 2 is 2.22 bits per heavy atom. The zero-order valence-electron chi connectivity index (χ0n) is 10.4. The SMILES string of the molecule is O=c1c(N2CCC(CCBr)C2)nccn1C1CC1. The normalized spacial score (nSPS) is 23.6. The Balaban J connectivity index is 1.80. The van der Waals surface area contributed by atoms with E-state index in [0.29, 0.717) is 17.8 Å². The van der Waals surface area contributed by atoms with Gasteiger partial charge in [0, 0.05) is 36.9 Å². The molecule has 98 valence electrons. The molecule has 0 radical (unpaired) electrons. The van der Waals surface area contributed by atoms with E-state index in [4.69, 9.17) is 0 Å². The molecule has 1 saturated heterocycles. The van der Waals surface area contributed by atoms with Crippen molar-refractivity contribution in [1.82, 2.24) is 9.55 Å². The highest BCUT2D eigenvalue weighted by Crippen LogP contribution is 2.33. The standard InChI is InChI=1S/C13H18BrN3O/c14-5-3-10-4-7-16(9-10)12-13(18)17(8-6-15-12)11-1-2-11/h6,8,10-11H,1-5,7,9H2. The fraction of sp³-hybridized carbons (Fsp3) is 0.692. The van der Waals surface area contributed by atoms with E-state index in [1.54, 1.807) is 6.20 Å². The van der Waals surface area contributed by atoms with E-state index < -0.39 is 0 Å². The van der Waals surface area contributed by atoms with Gasteiger partial charge in [-0.2, -0.15) is 0 Å². The smallest absolute Gasteiger partial charge is 0.293 e. The van der Waals surface area contributed by atoms with Crippen molar-refractivity contribution in [3.63, 3.8) is 0 Å². The van der Waals surface area contributed by atoms with Crippen molar-refractivity contribution in [3.05, 3.63) is 22.7 Å². The summed E-state index contributed by atoms with van der Waals surface area (Å²) in [5.41, 5.74) is 0.0968. The summed E-state index contributed by atoms with van der Waals surface area (Å²) in [6.07, 6.45) is 8.22. The predicted octanol–water partition coefficient (Wildman–Crippen LogP) is 2.19. The molecule has 5 heteroatoms. The molecule has 1 aromatic heterocycles. The largest absolute Gasteiger partial charge is 0.352 e. The number of aromatic nitrogens is 2. The third-order valence-corrected chi connectivity index (χ3v) is 4.35. The summed E-state index contributed by atoms with van der Waals surface area (Å²) < 4.78 is 1.86. The Bertz CT molecular complexity index is 483. The summed E-state index contributed by atoms with van der Waals surface area (Å²) in [5, 5.41) is 1.04. The zero-order chi connectivity index (χ0) is 12.5. The number of alkyl halides is 1. The topological polar surface area (TPSA) is 38.1 Å². The molecule has 2 heterocycles.